The van der Waals surface area contributed by atoms with Gasteiger partial charge in [-0.1, -0.05) is 12.1 Å². The Hall–Kier alpha value is -2.03. The number of fused-ring (bicyclic) bond motifs is 1. The first kappa shape index (κ1) is 9.52. The van der Waals surface area contributed by atoms with Crippen molar-refractivity contribution in [3.8, 4) is 0 Å². The molecule has 2 rings (SSSR count). The van der Waals surface area contributed by atoms with Crippen molar-refractivity contribution in [3.63, 3.8) is 0 Å². The lowest BCUT2D eigenvalue weighted by Gasteiger charge is -2.13. The molecule has 0 radical (unpaired) electrons. The third-order valence-corrected chi connectivity index (χ3v) is 2.45. The molecule has 0 spiro atoms. The van der Waals surface area contributed by atoms with Gasteiger partial charge in [0.25, 0.3) is 0 Å². The Morgan fingerprint density at radius 3 is 2.20 bits per heavy atom. The minimum atomic E-state index is -0.282. The number of aryl methyl sites for hydroxylation is 1. The summed E-state index contributed by atoms with van der Waals surface area (Å²) in [6.45, 7) is 1.75. The minimum Gasteiger partial charge on any atom is -0.298 e. The van der Waals surface area contributed by atoms with E-state index >= 15 is 0 Å². The van der Waals surface area contributed by atoms with Crippen LogP contribution in [-0.2, 0) is 0 Å². The molecule has 3 heteroatoms. The molecule has 0 unspecified atom stereocenters. The highest BCUT2D eigenvalue weighted by Gasteiger charge is 2.23. The highest BCUT2D eigenvalue weighted by Crippen LogP contribution is 2.23. The van der Waals surface area contributed by atoms with Crippen molar-refractivity contribution in [3.05, 3.63) is 46.5 Å². The Kier molecular flexibility index (Phi) is 2.08. The molecule has 3 nitrogen and oxygen atoms in total. The zero-order valence-electron chi connectivity index (χ0n) is 8.11. The Morgan fingerprint density at radius 1 is 1.00 bits per heavy atom. The summed E-state index contributed by atoms with van der Waals surface area (Å²) in [7, 11) is 0. The number of allylic oxidation sites excluding steroid dienone is 2. The average Bonchev–Trinajstić information content (AvgIpc) is 2.23. The van der Waals surface area contributed by atoms with Crippen LogP contribution < -0.4 is 0 Å². The molecule has 0 saturated heterocycles. The van der Waals surface area contributed by atoms with E-state index in [0.717, 1.165) is 5.56 Å². The largest absolute Gasteiger partial charge is 0.298 e. The molecule has 0 N–H and O–H groups in total. The third-order valence-electron chi connectivity index (χ3n) is 2.45. The molecule has 1 aromatic carbocycles. The fourth-order valence-electron chi connectivity index (χ4n) is 1.72. The van der Waals surface area contributed by atoms with Crippen molar-refractivity contribution >= 4 is 17.9 Å². The zero-order chi connectivity index (χ0) is 11.0. The maximum absolute atomic E-state index is 11.6. The van der Waals surface area contributed by atoms with Gasteiger partial charge in [-0.3, -0.25) is 14.4 Å². The zero-order valence-corrected chi connectivity index (χ0v) is 8.11. The number of hydrogen-bond acceptors (Lipinski definition) is 3. The van der Waals surface area contributed by atoms with E-state index in [9.17, 15) is 14.4 Å². The highest BCUT2D eigenvalue weighted by atomic mass is 16.1. The molecule has 0 amide bonds. The second-order valence-corrected chi connectivity index (χ2v) is 3.40. The Bertz CT molecular complexity index is 510. The van der Waals surface area contributed by atoms with E-state index in [1.54, 1.807) is 19.1 Å². The van der Waals surface area contributed by atoms with Gasteiger partial charge in [0.1, 0.15) is 0 Å². The SMILES string of the molecule is Cc1ccc(C=O)c2c1C(=O)C=CC2=O. The monoisotopic (exact) mass is 200 g/mol. The van der Waals surface area contributed by atoms with E-state index in [4.69, 9.17) is 0 Å². The predicted molar refractivity (Wildman–Crippen MR) is 54.4 cm³/mol. The van der Waals surface area contributed by atoms with Gasteiger partial charge in [0.15, 0.2) is 17.9 Å². The van der Waals surface area contributed by atoms with Crippen molar-refractivity contribution in [1.82, 2.24) is 0 Å². The second kappa shape index (κ2) is 3.28. The minimum absolute atomic E-state index is 0.217. The van der Waals surface area contributed by atoms with Gasteiger partial charge in [0.05, 0.1) is 0 Å². The number of carbonyl (C=O) groups is 3. The Labute approximate surface area is 86.4 Å². The van der Waals surface area contributed by atoms with Crippen LogP contribution in [0.5, 0.6) is 0 Å². The van der Waals surface area contributed by atoms with Gasteiger partial charge in [-0.05, 0) is 24.6 Å². The van der Waals surface area contributed by atoms with Crippen LogP contribution in [0.4, 0.5) is 0 Å². The molecule has 0 fully saturated rings. The lowest BCUT2D eigenvalue weighted by Crippen LogP contribution is -2.15. The molecular formula is C12H8O3. The summed E-state index contributed by atoms with van der Waals surface area (Å²) < 4.78 is 0. The van der Waals surface area contributed by atoms with Crippen LogP contribution in [0, 0.1) is 6.92 Å². The molecule has 0 aliphatic heterocycles. The maximum atomic E-state index is 11.6. The summed E-state index contributed by atoms with van der Waals surface area (Å²) in [5.41, 5.74) is 1.58. The molecule has 0 bridgehead atoms. The van der Waals surface area contributed by atoms with E-state index in [1.165, 1.54) is 12.2 Å². The lowest BCUT2D eigenvalue weighted by molar-refractivity contribution is 0.0990. The van der Waals surface area contributed by atoms with Crippen LogP contribution in [0.3, 0.4) is 0 Å². The van der Waals surface area contributed by atoms with Crippen LogP contribution in [-0.4, -0.2) is 17.9 Å². The maximum Gasteiger partial charge on any atom is 0.187 e. The highest BCUT2D eigenvalue weighted by molar-refractivity contribution is 6.24. The van der Waals surface area contributed by atoms with Gasteiger partial charge in [-0.25, -0.2) is 0 Å². The fourth-order valence-corrected chi connectivity index (χ4v) is 1.72. The topological polar surface area (TPSA) is 51.2 Å². The van der Waals surface area contributed by atoms with Crippen molar-refractivity contribution in [2.45, 2.75) is 6.92 Å². The first-order valence-corrected chi connectivity index (χ1v) is 4.50. The predicted octanol–water partition coefficient (Wildman–Crippen LogP) is 1.74. The molecule has 1 aromatic rings. The van der Waals surface area contributed by atoms with Crippen molar-refractivity contribution < 1.29 is 14.4 Å². The van der Waals surface area contributed by atoms with Crippen LogP contribution in [0.15, 0.2) is 24.3 Å². The second-order valence-electron chi connectivity index (χ2n) is 3.40. The first-order chi connectivity index (χ1) is 7.15. The number of benzene rings is 1. The number of rotatable bonds is 1. The number of hydrogen-bond donors (Lipinski definition) is 0. The van der Waals surface area contributed by atoms with E-state index in [-0.39, 0.29) is 22.7 Å². The molecular weight excluding hydrogens is 192 g/mol. The van der Waals surface area contributed by atoms with Gasteiger partial charge in [0.2, 0.25) is 0 Å². The average molecular weight is 200 g/mol. The van der Waals surface area contributed by atoms with Gasteiger partial charge in [0, 0.05) is 16.7 Å². The Morgan fingerprint density at radius 2 is 1.60 bits per heavy atom. The van der Waals surface area contributed by atoms with Gasteiger partial charge < -0.3 is 0 Å². The van der Waals surface area contributed by atoms with Crippen molar-refractivity contribution in [2.24, 2.45) is 0 Å². The molecule has 0 atom stereocenters. The normalized spacial score (nSPS) is 13.9. The Balaban J connectivity index is 2.84. The summed E-state index contributed by atoms with van der Waals surface area (Å²) in [4.78, 5) is 33.9. The number of aldehydes is 1. The standard InChI is InChI=1S/C12H8O3/c1-7-2-3-8(6-13)12-10(15)5-4-9(14)11(7)12/h2-6H,1H3. The van der Waals surface area contributed by atoms with E-state index < -0.39 is 0 Å². The van der Waals surface area contributed by atoms with Crippen LogP contribution >= 0.6 is 0 Å². The van der Waals surface area contributed by atoms with Crippen LogP contribution in [0.2, 0.25) is 0 Å². The van der Waals surface area contributed by atoms with Crippen molar-refractivity contribution in [2.75, 3.05) is 0 Å². The number of carbonyl (C=O) groups excluding carboxylic acids is 3. The van der Waals surface area contributed by atoms with Crippen LogP contribution in [0.25, 0.3) is 0 Å². The summed E-state index contributed by atoms with van der Waals surface area (Å²) >= 11 is 0. The third kappa shape index (κ3) is 1.32. The molecule has 1 aliphatic rings. The van der Waals surface area contributed by atoms with Crippen molar-refractivity contribution in [1.29, 1.82) is 0 Å². The van der Waals surface area contributed by atoms with Gasteiger partial charge in [-0.15, -0.1) is 0 Å². The smallest absolute Gasteiger partial charge is 0.187 e. The van der Waals surface area contributed by atoms with E-state index in [2.05, 4.69) is 0 Å². The molecule has 0 heterocycles. The molecule has 74 valence electrons. The molecule has 0 aromatic heterocycles. The number of ketones is 2. The molecule has 15 heavy (non-hydrogen) atoms. The molecule has 1 aliphatic carbocycles. The quantitative estimate of drug-likeness (QED) is 0.649. The summed E-state index contributed by atoms with van der Waals surface area (Å²) in [6, 6.07) is 3.23. The first-order valence-electron chi connectivity index (χ1n) is 4.50. The fraction of sp³-hybridized carbons (Fsp3) is 0.0833. The summed E-state index contributed by atoms with van der Waals surface area (Å²) in [5, 5.41) is 0. The van der Waals surface area contributed by atoms with Gasteiger partial charge >= 0.3 is 0 Å². The van der Waals surface area contributed by atoms with Gasteiger partial charge in [-0.2, -0.15) is 0 Å². The molecule has 0 saturated carbocycles. The van der Waals surface area contributed by atoms with E-state index in [0.29, 0.717) is 11.8 Å². The summed E-state index contributed by atoms with van der Waals surface area (Å²) in [6.07, 6.45) is 3.05. The lowest BCUT2D eigenvalue weighted by atomic mass is 9.88. The summed E-state index contributed by atoms with van der Waals surface area (Å²) in [5.74, 6) is -0.499. The van der Waals surface area contributed by atoms with Crippen LogP contribution in [0.1, 0.15) is 36.6 Å². The van der Waals surface area contributed by atoms with E-state index in [1.807, 2.05) is 0 Å².